The van der Waals surface area contributed by atoms with Crippen molar-refractivity contribution in [2.45, 2.75) is 91.9 Å². The molecule has 0 radical (unpaired) electrons. The van der Waals surface area contributed by atoms with Crippen LogP contribution in [0.2, 0.25) is 0 Å². The van der Waals surface area contributed by atoms with E-state index in [4.69, 9.17) is 4.42 Å². The number of nitrogens with zero attached hydrogens (tertiary/aromatic N) is 2. The van der Waals surface area contributed by atoms with E-state index in [0.29, 0.717) is 5.41 Å². The monoisotopic (exact) mass is 660 g/mol. The Balaban J connectivity index is 1.35. The van der Waals surface area contributed by atoms with Gasteiger partial charge in [0.1, 0.15) is 16.8 Å². The second kappa shape index (κ2) is 12.3. The van der Waals surface area contributed by atoms with Crippen molar-refractivity contribution in [2.24, 2.45) is 12.5 Å². The molecule has 0 N–H and O–H groups in total. The van der Waals surface area contributed by atoms with Crippen molar-refractivity contribution in [1.29, 1.82) is 0 Å². The normalized spacial score (nSPS) is 16.2. The van der Waals surface area contributed by atoms with Gasteiger partial charge in [0.15, 0.2) is 16.6 Å². The molecular formula is C47H51N2O+. The molecule has 0 aliphatic heterocycles. The fraction of sp³-hybridized carbons (Fsp3) is 0.340. The van der Waals surface area contributed by atoms with Crippen LogP contribution in [0.5, 0.6) is 0 Å². The average Bonchev–Trinajstić information content (AvgIpc) is 3.64. The van der Waals surface area contributed by atoms with Gasteiger partial charge >= 0.3 is 0 Å². The van der Waals surface area contributed by atoms with E-state index in [-0.39, 0.29) is 11.8 Å². The van der Waals surface area contributed by atoms with Crippen LogP contribution in [0.4, 0.5) is 0 Å². The van der Waals surface area contributed by atoms with Crippen LogP contribution in [-0.2, 0) is 7.05 Å². The summed E-state index contributed by atoms with van der Waals surface area (Å²) in [4.78, 5) is 0. The first-order valence-electron chi connectivity index (χ1n) is 19.1. The second-order valence-corrected chi connectivity index (χ2v) is 16.1. The third-order valence-electron chi connectivity index (χ3n) is 11.5. The molecule has 2 heterocycles. The molecule has 50 heavy (non-hydrogen) atoms. The Morgan fingerprint density at radius 2 is 1.42 bits per heavy atom. The summed E-state index contributed by atoms with van der Waals surface area (Å²) in [7, 11) is 2.20. The quantitative estimate of drug-likeness (QED) is 0.163. The van der Waals surface area contributed by atoms with Crippen molar-refractivity contribution in [3.05, 3.63) is 119 Å². The minimum atomic E-state index is -0.494. The summed E-state index contributed by atoms with van der Waals surface area (Å²) in [6, 6.07) is 35.4. The smallest absolute Gasteiger partial charge is 0.299 e. The zero-order valence-electron chi connectivity index (χ0n) is 32.0. The van der Waals surface area contributed by atoms with Crippen LogP contribution in [0.25, 0.3) is 61.2 Å². The molecule has 0 spiro atoms. The molecule has 0 bridgehead atoms. The molecule has 1 aliphatic carbocycles. The number of benzene rings is 5. The number of hydrogen-bond acceptors (Lipinski definition) is 1. The molecule has 1 aliphatic rings. The van der Waals surface area contributed by atoms with Gasteiger partial charge in [-0.25, -0.2) is 4.57 Å². The topological polar surface area (TPSA) is 21.9 Å². The van der Waals surface area contributed by atoms with Gasteiger partial charge in [-0.05, 0) is 108 Å². The van der Waals surface area contributed by atoms with E-state index >= 15 is 0 Å². The fourth-order valence-corrected chi connectivity index (χ4v) is 8.39. The Labute approximate surface area is 299 Å². The molecule has 3 heteroatoms. The summed E-state index contributed by atoms with van der Waals surface area (Å²) in [5, 5.41) is 2.28. The summed E-state index contributed by atoms with van der Waals surface area (Å²) in [6.07, 6.45) is 4.06. The van der Waals surface area contributed by atoms with E-state index in [9.17, 15) is 1.37 Å². The third kappa shape index (κ3) is 5.37. The Bertz CT molecular complexity index is 2400. The summed E-state index contributed by atoms with van der Waals surface area (Å²) < 4.78 is 21.0. The van der Waals surface area contributed by atoms with Gasteiger partial charge in [-0.1, -0.05) is 108 Å². The maximum absolute atomic E-state index is 9.36. The number of aryl methyl sites for hydroxylation is 2. The zero-order valence-corrected chi connectivity index (χ0v) is 31.0. The van der Waals surface area contributed by atoms with Crippen LogP contribution in [0.3, 0.4) is 0 Å². The van der Waals surface area contributed by atoms with Crippen molar-refractivity contribution in [3.8, 4) is 28.2 Å². The molecule has 2 aromatic heterocycles. The van der Waals surface area contributed by atoms with Crippen molar-refractivity contribution in [2.75, 3.05) is 0 Å². The second-order valence-electron chi connectivity index (χ2n) is 16.1. The van der Waals surface area contributed by atoms with E-state index in [1.165, 1.54) is 44.5 Å². The van der Waals surface area contributed by atoms with Gasteiger partial charge in [-0.15, -0.1) is 0 Å². The van der Waals surface area contributed by atoms with Gasteiger partial charge in [0.25, 0.3) is 5.82 Å². The van der Waals surface area contributed by atoms with Crippen molar-refractivity contribution >= 4 is 33.0 Å². The lowest BCUT2D eigenvalue weighted by molar-refractivity contribution is -0.633. The average molecular weight is 661 g/mol. The maximum Gasteiger partial charge on any atom is 0.299 e. The lowest BCUT2D eigenvalue weighted by Crippen LogP contribution is -2.30. The van der Waals surface area contributed by atoms with Crippen LogP contribution >= 0.6 is 0 Å². The van der Waals surface area contributed by atoms with Gasteiger partial charge in [-0.2, -0.15) is 4.57 Å². The number of fused-ring (bicyclic) bond motifs is 4. The van der Waals surface area contributed by atoms with Crippen LogP contribution in [0.1, 0.15) is 109 Å². The molecule has 0 atom stereocenters. The highest BCUT2D eigenvalue weighted by Gasteiger charge is 2.34. The summed E-state index contributed by atoms with van der Waals surface area (Å²) in [5.74, 6) is 1.19. The molecule has 0 amide bonds. The minimum absolute atomic E-state index is 0.279. The molecule has 0 unspecified atom stereocenters. The Morgan fingerprint density at radius 3 is 2.10 bits per heavy atom. The third-order valence-corrected chi connectivity index (χ3v) is 11.5. The lowest BCUT2D eigenvalue weighted by atomic mass is 9.71. The maximum atomic E-state index is 9.36. The Morgan fingerprint density at radius 1 is 0.780 bits per heavy atom. The first-order chi connectivity index (χ1) is 24.4. The molecular weight excluding hydrogens is 609 g/mol. The fourth-order valence-electron chi connectivity index (χ4n) is 8.39. The van der Waals surface area contributed by atoms with Crippen LogP contribution < -0.4 is 4.57 Å². The van der Waals surface area contributed by atoms with Gasteiger partial charge in [0.2, 0.25) is 0 Å². The van der Waals surface area contributed by atoms with E-state index in [1.807, 2.05) is 0 Å². The summed E-state index contributed by atoms with van der Waals surface area (Å²) in [5.41, 5.74) is 14.4. The lowest BCUT2D eigenvalue weighted by Gasteiger charge is -2.34. The zero-order chi connectivity index (χ0) is 35.8. The number of hydrogen-bond donors (Lipinski definition) is 0. The molecule has 3 nitrogen and oxygen atoms in total. The first kappa shape index (κ1) is 31.4. The summed E-state index contributed by atoms with van der Waals surface area (Å²) in [6.45, 7) is 16.2. The summed E-state index contributed by atoms with van der Waals surface area (Å²) >= 11 is 0. The van der Waals surface area contributed by atoms with Crippen molar-refractivity contribution in [3.63, 3.8) is 0 Å². The predicted octanol–water partition coefficient (Wildman–Crippen LogP) is 12.9. The van der Waals surface area contributed by atoms with E-state index < -0.39 is 5.89 Å². The van der Waals surface area contributed by atoms with Crippen LogP contribution in [0.15, 0.2) is 101 Å². The SMILES string of the molecule is [2H]C1(c2ccc(-c3cc(C(C)C)c(-n4c(-c5c(C)ccc6c5oc5ccccc56)[n+](C)c5ccccc54)c(C(C)C)c3)cc2)CCC(C)(C)CC1. The minimum Gasteiger partial charge on any atom is -0.455 e. The van der Waals surface area contributed by atoms with Crippen LogP contribution in [0, 0.1) is 12.3 Å². The molecule has 7 aromatic rings. The standard InChI is InChI=1S/C47H51N2O/c1-29(2)38-27-35(33-20-18-32(19-21-33)34-23-25-47(6,7)26-24-34)28-39(30(3)4)44(38)49-41-15-11-10-14-40(41)48(8)46(49)43-31(5)17-22-37-36-13-9-12-16-42(36)50-45(37)43/h9-22,27-30,34H,23-26H2,1-8H3/q+1/i34D. The molecule has 1 saturated carbocycles. The molecule has 8 rings (SSSR count). The number of aromatic nitrogens is 2. The van der Waals surface area contributed by atoms with Crippen molar-refractivity contribution < 1.29 is 10.4 Å². The number of furan rings is 1. The predicted molar refractivity (Wildman–Crippen MR) is 211 cm³/mol. The number of rotatable bonds is 6. The highest BCUT2D eigenvalue weighted by atomic mass is 16.3. The molecule has 1 fully saturated rings. The van der Waals surface area contributed by atoms with E-state index in [1.54, 1.807) is 0 Å². The van der Waals surface area contributed by atoms with Gasteiger partial charge in [-0.3, -0.25) is 0 Å². The highest BCUT2D eigenvalue weighted by Crippen LogP contribution is 2.45. The molecule has 254 valence electrons. The van der Waals surface area contributed by atoms with Gasteiger partial charge in [0, 0.05) is 23.3 Å². The first-order valence-corrected chi connectivity index (χ1v) is 18.6. The van der Waals surface area contributed by atoms with E-state index in [2.05, 4.69) is 162 Å². The Kier molecular flexibility index (Phi) is 7.71. The molecule has 5 aromatic carbocycles. The largest absolute Gasteiger partial charge is 0.455 e. The van der Waals surface area contributed by atoms with Gasteiger partial charge in [0.05, 0.1) is 7.05 Å². The molecule has 0 saturated heterocycles. The van der Waals surface area contributed by atoms with Crippen molar-refractivity contribution in [1.82, 2.24) is 4.57 Å². The van der Waals surface area contributed by atoms with Gasteiger partial charge < -0.3 is 4.42 Å². The number of imidazole rings is 1. The Hall–Kier alpha value is -4.63. The number of para-hydroxylation sites is 3. The highest BCUT2D eigenvalue weighted by molar-refractivity contribution is 6.09. The van der Waals surface area contributed by atoms with E-state index in [0.717, 1.165) is 64.6 Å². The van der Waals surface area contributed by atoms with Crippen LogP contribution in [-0.4, -0.2) is 4.57 Å².